The maximum Gasteiger partial charge on any atom is 0.303 e. The summed E-state index contributed by atoms with van der Waals surface area (Å²) in [5.74, 6) is 2.09. The summed E-state index contributed by atoms with van der Waals surface area (Å²) in [6.07, 6.45) is 14.3. The van der Waals surface area contributed by atoms with Crippen LogP contribution in [0.1, 0.15) is 91.4 Å². The number of quaternary nitrogens is 1. The molecule has 0 radical (unpaired) electrons. The summed E-state index contributed by atoms with van der Waals surface area (Å²) in [6.45, 7) is 17.6. The molecule has 7 rings (SSSR count). The lowest BCUT2D eigenvalue weighted by Gasteiger charge is -2.62. The fourth-order valence-corrected chi connectivity index (χ4v) is 12.4. The smallest absolute Gasteiger partial charge is 0.303 e. The van der Waals surface area contributed by atoms with Gasteiger partial charge in [0.2, 0.25) is 0 Å². The summed E-state index contributed by atoms with van der Waals surface area (Å²) in [5.41, 5.74) is 0.297. The Bertz CT molecular complexity index is 1040. The van der Waals surface area contributed by atoms with Crippen LogP contribution in [0.25, 0.3) is 0 Å². The van der Waals surface area contributed by atoms with E-state index in [1.807, 2.05) is 0 Å². The van der Waals surface area contributed by atoms with Gasteiger partial charge in [0.05, 0.1) is 39.0 Å². The van der Waals surface area contributed by atoms with Gasteiger partial charge in [-0.25, -0.2) is 0 Å². The Balaban J connectivity index is 0.00000329. The first-order valence-corrected chi connectivity index (χ1v) is 17.5. The van der Waals surface area contributed by atoms with E-state index >= 15 is 0 Å². The number of rotatable bonds is 5. The molecular weight excluding hydrogens is 608 g/mol. The predicted molar refractivity (Wildman–Crippen MR) is 161 cm³/mol. The van der Waals surface area contributed by atoms with E-state index < -0.39 is 0 Å². The van der Waals surface area contributed by atoms with Gasteiger partial charge < -0.3 is 40.8 Å². The third-order valence-corrected chi connectivity index (χ3v) is 14.4. The fraction of sp³-hybridized carbons (Fsp3) is 0.914. The van der Waals surface area contributed by atoms with Crippen LogP contribution in [0.4, 0.5) is 0 Å². The quantitative estimate of drug-likeness (QED) is 0.275. The number of aliphatic hydroxyl groups is 1. The van der Waals surface area contributed by atoms with Gasteiger partial charge in [-0.2, -0.15) is 0 Å². The van der Waals surface area contributed by atoms with Gasteiger partial charge >= 0.3 is 5.97 Å². The van der Waals surface area contributed by atoms with E-state index in [0.29, 0.717) is 42.9 Å². The summed E-state index contributed by atoms with van der Waals surface area (Å²) in [7, 11) is 0. The van der Waals surface area contributed by atoms with Gasteiger partial charge in [-0.1, -0.05) is 20.4 Å². The minimum absolute atomic E-state index is 0. The number of carbonyl (C=O) groups excluding carboxylic acids is 1. The highest BCUT2D eigenvalue weighted by atomic mass is 79.9. The number of carbonyl (C=O) groups is 1. The molecule has 7 fully saturated rings. The Hall–Kier alpha value is -0.510. The number of nitrogens with zero attached hydrogens (tertiary/aromatic N) is 2. The molecule has 4 aliphatic carbocycles. The number of hydrogen-bond donors (Lipinski definition) is 1. The third kappa shape index (κ3) is 5.21. The third-order valence-electron chi connectivity index (χ3n) is 14.4. The number of ether oxygens (including phenoxy) is 3. The van der Waals surface area contributed by atoms with Gasteiger partial charge in [-0.3, -0.25) is 9.69 Å². The number of fused-ring (bicyclic) bond motifs is 5. The molecule has 3 heterocycles. The zero-order valence-corrected chi connectivity index (χ0v) is 28.6. The molecule has 1 N–H and O–H groups in total. The van der Waals surface area contributed by atoms with E-state index in [1.54, 1.807) is 6.92 Å². The van der Waals surface area contributed by atoms with Crippen LogP contribution in [-0.4, -0.2) is 96.5 Å². The van der Waals surface area contributed by atoms with E-state index in [1.165, 1.54) is 51.6 Å². The number of likely N-dealkylation sites (tertiary alicyclic amines) is 2. The topological polar surface area (TPSA) is 68.2 Å². The normalized spacial score (nSPS) is 46.8. The lowest BCUT2D eigenvalue weighted by Crippen LogP contribution is -3.00. The lowest BCUT2D eigenvalue weighted by molar-refractivity contribution is -0.937. The molecule has 0 aromatic rings. The highest BCUT2D eigenvalue weighted by Crippen LogP contribution is 2.67. The second-order valence-corrected chi connectivity index (χ2v) is 16.1. The van der Waals surface area contributed by atoms with Crippen LogP contribution >= 0.6 is 0 Å². The first-order chi connectivity index (χ1) is 20.1. The maximum absolute atomic E-state index is 12.6. The van der Waals surface area contributed by atoms with Crippen LogP contribution < -0.4 is 17.0 Å². The zero-order valence-electron chi connectivity index (χ0n) is 27.0. The monoisotopic (exact) mass is 664 g/mol. The van der Waals surface area contributed by atoms with Gasteiger partial charge in [0.1, 0.15) is 6.04 Å². The van der Waals surface area contributed by atoms with Crippen molar-refractivity contribution in [3.8, 4) is 0 Å². The van der Waals surface area contributed by atoms with Gasteiger partial charge in [-0.15, -0.1) is 0 Å². The predicted octanol–water partition coefficient (Wildman–Crippen LogP) is 1.92. The van der Waals surface area contributed by atoms with Crippen molar-refractivity contribution in [1.82, 2.24) is 4.90 Å². The Morgan fingerprint density at radius 2 is 1.72 bits per heavy atom. The molecule has 1 spiro atoms. The molecule has 0 aromatic carbocycles. The van der Waals surface area contributed by atoms with Crippen molar-refractivity contribution in [2.75, 3.05) is 45.9 Å². The summed E-state index contributed by atoms with van der Waals surface area (Å²) < 4.78 is 19.5. The highest BCUT2D eigenvalue weighted by Gasteiger charge is 2.67. The number of hydrogen-bond acceptors (Lipinski definition) is 6. The van der Waals surface area contributed by atoms with E-state index in [2.05, 4.69) is 31.4 Å². The second kappa shape index (κ2) is 11.9. The Kier molecular flexibility index (Phi) is 9.00. The molecule has 3 saturated heterocycles. The molecule has 4 saturated carbocycles. The minimum atomic E-state index is -0.370. The van der Waals surface area contributed by atoms with Crippen LogP contribution in [0.15, 0.2) is 12.7 Å². The van der Waals surface area contributed by atoms with Crippen LogP contribution in [0, 0.1) is 34.5 Å². The number of aliphatic hydroxyl groups excluding tert-OH is 1. The van der Waals surface area contributed by atoms with Gasteiger partial charge in [0.25, 0.3) is 0 Å². The lowest BCUT2D eigenvalue weighted by atomic mass is 9.44. The molecule has 3 aliphatic heterocycles. The molecule has 8 heteroatoms. The number of esters is 1. The Labute approximate surface area is 270 Å². The molecule has 0 bridgehead atoms. The summed E-state index contributed by atoms with van der Waals surface area (Å²) in [5, 5.41) is 11.5. The minimum Gasteiger partial charge on any atom is -1.00 e. The molecule has 0 aromatic heterocycles. The van der Waals surface area contributed by atoms with E-state index in [4.69, 9.17) is 14.2 Å². The second-order valence-electron chi connectivity index (χ2n) is 16.1. The molecule has 43 heavy (non-hydrogen) atoms. The number of halogens is 1. The average molecular weight is 666 g/mol. The highest BCUT2D eigenvalue weighted by molar-refractivity contribution is 5.66. The largest absolute Gasteiger partial charge is 1.00 e. The van der Waals surface area contributed by atoms with Crippen LogP contribution in [0.3, 0.4) is 0 Å². The summed E-state index contributed by atoms with van der Waals surface area (Å²) in [6, 6.07) is 0.614. The zero-order chi connectivity index (χ0) is 29.3. The Morgan fingerprint density at radius 1 is 1.02 bits per heavy atom. The maximum atomic E-state index is 12.6. The molecule has 7 nitrogen and oxygen atoms in total. The van der Waals surface area contributed by atoms with Crippen LogP contribution in [0.5, 0.6) is 0 Å². The molecule has 0 unspecified atom stereocenters. The van der Waals surface area contributed by atoms with Gasteiger partial charge in [0.15, 0.2) is 11.9 Å². The molecule has 10 atom stereocenters. The van der Waals surface area contributed by atoms with Gasteiger partial charge in [0, 0.05) is 63.6 Å². The van der Waals surface area contributed by atoms with Crippen molar-refractivity contribution < 1.29 is 45.6 Å². The molecule has 7 aliphatic rings. The van der Waals surface area contributed by atoms with E-state index in [9.17, 15) is 9.90 Å². The van der Waals surface area contributed by atoms with E-state index in [0.717, 1.165) is 56.2 Å². The number of piperidine rings is 1. The summed E-state index contributed by atoms with van der Waals surface area (Å²) >= 11 is 0. The molecule has 0 amide bonds. The molecular formula is C35H57BrN2O5. The Morgan fingerprint density at radius 3 is 2.37 bits per heavy atom. The first kappa shape index (κ1) is 32.4. The van der Waals surface area contributed by atoms with E-state index in [-0.39, 0.29) is 57.8 Å². The van der Waals surface area contributed by atoms with Crippen LogP contribution in [0.2, 0.25) is 0 Å². The average Bonchev–Trinajstić information content (AvgIpc) is 3.69. The fourth-order valence-electron chi connectivity index (χ4n) is 12.4. The first-order valence-electron chi connectivity index (χ1n) is 17.5. The van der Waals surface area contributed by atoms with Crippen molar-refractivity contribution in [2.45, 2.75) is 121 Å². The standard InChI is InChI=1S/C35H57N2O5.BrH/c1-5-16-37(17-6-7-18-37)30-22-28-26-9-8-25-21-31(39)29(36-14-12-35(13-15-36)40-19-20-41-35)23-34(25,4)27(26)10-11-33(28,3)32(30)42-24(2)38;/h5,25-32,39H,1,6-23H2,2-4H3;1H/q+1;/p-1/t25-,26+,27-,28-,29-,30-,31-,32-,33-,34-;/m0./s1. The van der Waals surface area contributed by atoms with Crippen molar-refractivity contribution >= 4 is 5.97 Å². The SMILES string of the molecule is C=CC[N+]1([C@H]2C[C@H]3[C@@H]4CC[C@H]5C[C@H](O)[C@@H](N6CCC7(CC6)OCCO7)C[C@]5(C)[C@H]4CC[C@]3(C)[C@H]2OC(C)=O)CCCC1.[Br-]. The van der Waals surface area contributed by atoms with Crippen molar-refractivity contribution in [3.05, 3.63) is 12.7 Å². The van der Waals surface area contributed by atoms with Gasteiger partial charge in [-0.05, 0) is 73.7 Å². The van der Waals surface area contributed by atoms with Crippen LogP contribution in [-0.2, 0) is 19.0 Å². The molecule has 244 valence electrons. The summed E-state index contributed by atoms with van der Waals surface area (Å²) in [4.78, 5) is 15.1. The van der Waals surface area contributed by atoms with Crippen molar-refractivity contribution in [1.29, 1.82) is 0 Å². The van der Waals surface area contributed by atoms with Crippen molar-refractivity contribution in [2.24, 2.45) is 34.5 Å². The van der Waals surface area contributed by atoms with Crippen molar-refractivity contribution in [3.63, 3.8) is 0 Å².